The normalized spacial score (nSPS) is 10.7. The highest BCUT2D eigenvalue weighted by Gasteiger charge is 2.13. The maximum Gasteiger partial charge on any atom is 0.291 e. The molecule has 0 saturated carbocycles. The third-order valence-electron chi connectivity index (χ3n) is 4.14. The van der Waals surface area contributed by atoms with Crippen LogP contribution < -0.4 is 10.1 Å². The van der Waals surface area contributed by atoms with Crippen LogP contribution in [0.2, 0.25) is 5.02 Å². The molecule has 0 radical (unpaired) electrons. The first kappa shape index (κ1) is 18.8. The average molecular weight is 408 g/mol. The number of anilines is 1. The smallest absolute Gasteiger partial charge is 0.291 e. The molecule has 0 aliphatic carbocycles. The fourth-order valence-electron chi connectivity index (χ4n) is 2.77. The maximum absolute atomic E-state index is 12.4. The van der Waals surface area contributed by atoms with Crippen LogP contribution in [0.5, 0.6) is 5.75 Å². The molecule has 0 spiro atoms. The van der Waals surface area contributed by atoms with Crippen molar-refractivity contribution < 1.29 is 13.9 Å². The summed E-state index contributed by atoms with van der Waals surface area (Å²) < 4.78 is 13.0. The molecule has 0 bridgehead atoms. The second-order valence-electron chi connectivity index (χ2n) is 6.38. The molecule has 1 N–H and O–H groups in total. The molecule has 146 valence electrons. The van der Waals surface area contributed by atoms with E-state index in [1.807, 2.05) is 30.3 Å². The van der Waals surface area contributed by atoms with E-state index in [4.69, 9.17) is 20.8 Å². The van der Waals surface area contributed by atoms with Gasteiger partial charge in [-0.25, -0.2) is 0 Å². The predicted octanol–water partition coefficient (Wildman–Crippen LogP) is 5.01. The van der Waals surface area contributed by atoms with Gasteiger partial charge in [-0.05, 0) is 35.9 Å². The van der Waals surface area contributed by atoms with Crippen LogP contribution in [0.1, 0.15) is 21.9 Å². The third-order valence-corrected chi connectivity index (χ3v) is 4.38. The molecule has 29 heavy (non-hydrogen) atoms. The second kappa shape index (κ2) is 8.67. The summed E-state index contributed by atoms with van der Waals surface area (Å²) in [6.45, 7) is 0.824. The minimum Gasteiger partial charge on any atom is -0.486 e. The van der Waals surface area contributed by atoms with Crippen LogP contribution in [-0.2, 0) is 13.2 Å². The number of aromatic nitrogens is 2. The summed E-state index contributed by atoms with van der Waals surface area (Å²) in [6.07, 6.45) is 3.38. The molecule has 0 aliphatic heterocycles. The minimum atomic E-state index is -0.349. The molecule has 2 aromatic carbocycles. The number of halogens is 1. The lowest BCUT2D eigenvalue weighted by Crippen LogP contribution is -2.10. The first-order valence-corrected chi connectivity index (χ1v) is 9.38. The van der Waals surface area contributed by atoms with E-state index in [9.17, 15) is 4.79 Å². The summed E-state index contributed by atoms with van der Waals surface area (Å²) in [5.74, 6) is 1.02. The number of carbonyl (C=O) groups excluding carboxylic acids is 1. The van der Waals surface area contributed by atoms with Gasteiger partial charge in [-0.15, -0.1) is 0 Å². The molecule has 2 aromatic heterocycles. The summed E-state index contributed by atoms with van der Waals surface area (Å²) in [7, 11) is 0. The zero-order chi connectivity index (χ0) is 20.1. The standard InChI is InChI=1S/C22H18ClN3O3/c23-17-7-4-8-19(11-17)28-15-20-9-10-21(29-20)22(27)25-18-12-24-26(14-18)13-16-5-2-1-3-6-16/h1-12,14H,13,15H2,(H,25,27). The Hall–Kier alpha value is -3.51. The van der Waals surface area contributed by atoms with Gasteiger partial charge in [0, 0.05) is 11.2 Å². The topological polar surface area (TPSA) is 69.3 Å². The van der Waals surface area contributed by atoms with E-state index in [1.54, 1.807) is 53.5 Å². The molecular weight excluding hydrogens is 390 g/mol. The highest BCUT2D eigenvalue weighted by atomic mass is 35.5. The van der Waals surface area contributed by atoms with Gasteiger partial charge in [-0.1, -0.05) is 48.0 Å². The number of ether oxygens (including phenoxy) is 1. The van der Waals surface area contributed by atoms with Crippen LogP contribution in [0.15, 0.2) is 83.5 Å². The number of rotatable bonds is 7. The molecular formula is C22H18ClN3O3. The molecule has 7 heteroatoms. The average Bonchev–Trinajstić information content (AvgIpc) is 3.37. The predicted molar refractivity (Wildman–Crippen MR) is 110 cm³/mol. The fourth-order valence-corrected chi connectivity index (χ4v) is 2.95. The van der Waals surface area contributed by atoms with Crippen LogP contribution in [0, 0.1) is 0 Å². The fraction of sp³-hybridized carbons (Fsp3) is 0.0909. The van der Waals surface area contributed by atoms with Gasteiger partial charge < -0.3 is 14.5 Å². The van der Waals surface area contributed by atoms with Crippen LogP contribution >= 0.6 is 11.6 Å². The van der Waals surface area contributed by atoms with E-state index in [2.05, 4.69) is 10.4 Å². The molecule has 0 fully saturated rings. The number of hydrogen-bond acceptors (Lipinski definition) is 4. The number of hydrogen-bond donors (Lipinski definition) is 1. The quantitative estimate of drug-likeness (QED) is 0.467. The zero-order valence-electron chi connectivity index (χ0n) is 15.4. The van der Waals surface area contributed by atoms with E-state index in [1.165, 1.54) is 0 Å². The molecule has 0 saturated heterocycles. The van der Waals surface area contributed by atoms with E-state index in [0.29, 0.717) is 28.8 Å². The lowest BCUT2D eigenvalue weighted by molar-refractivity contribution is 0.0992. The molecule has 1 amide bonds. The molecule has 6 nitrogen and oxygen atoms in total. The highest BCUT2D eigenvalue weighted by molar-refractivity contribution is 6.30. The van der Waals surface area contributed by atoms with Gasteiger partial charge in [0.2, 0.25) is 0 Å². The van der Waals surface area contributed by atoms with Crippen LogP contribution in [0.4, 0.5) is 5.69 Å². The van der Waals surface area contributed by atoms with Gasteiger partial charge >= 0.3 is 0 Å². The summed E-state index contributed by atoms with van der Waals surface area (Å²) in [4.78, 5) is 12.4. The number of nitrogens with zero attached hydrogens (tertiary/aromatic N) is 2. The van der Waals surface area contributed by atoms with Crippen LogP contribution in [-0.4, -0.2) is 15.7 Å². The third kappa shape index (κ3) is 5.06. The Balaban J connectivity index is 1.33. The molecule has 4 aromatic rings. The Morgan fingerprint density at radius 1 is 1.10 bits per heavy atom. The highest BCUT2D eigenvalue weighted by Crippen LogP contribution is 2.19. The maximum atomic E-state index is 12.4. The number of amides is 1. The Morgan fingerprint density at radius 2 is 1.97 bits per heavy atom. The van der Waals surface area contributed by atoms with Crippen molar-refractivity contribution >= 4 is 23.2 Å². The summed E-state index contributed by atoms with van der Waals surface area (Å²) in [6, 6.07) is 20.4. The number of nitrogens with one attached hydrogen (secondary N) is 1. The van der Waals surface area contributed by atoms with Crippen molar-refractivity contribution in [2.45, 2.75) is 13.2 Å². The SMILES string of the molecule is O=C(Nc1cnn(Cc2ccccc2)c1)c1ccc(COc2cccc(Cl)c2)o1. The van der Waals surface area contributed by atoms with Gasteiger partial charge in [-0.2, -0.15) is 5.10 Å². The van der Waals surface area contributed by atoms with Crippen molar-refractivity contribution in [1.29, 1.82) is 0 Å². The lowest BCUT2D eigenvalue weighted by Gasteiger charge is -2.04. The van der Waals surface area contributed by atoms with Gasteiger partial charge in [-0.3, -0.25) is 9.48 Å². The van der Waals surface area contributed by atoms with Crippen LogP contribution in [0.25, 0.3) is 0 Å². The van der Waals surface area contributed by atoms with Gasteiger partial charge in [0.15, 0.2) is 5.76 Å². The van der Waals surface area contributed by atoms with E-state index >= 15 is 0 Å². The number of furan rings is 1. The van der Waals surface area contributed by atoms with Crippen molar-refractivity contribution in [2.24, 2.45) is 0 Å². The molecule has 0 unspecified atom stereocenters. The lowest BCUT2D eigenvalue weighted by atomic mass is 10.2. The minimum absolute atomic E-state index is 0.197. The van der Waals surface area contributed by atoms with E-state index < -0.39 is 0 Å². The van der Waals surface area contributed by atoms with Crippen molar-refractivity contribution in [3.63, 3.8) is 0 Å². The van der Waals surface area contributed by atoms with Crippen molar-refractivity contribution in [2.75, 3.05) is 5.32 Å². The molecule has 2 heterocycles. The first-order valence-electron chi connectivity index (χ1n) is 9.00. The summed E-state index contributed by atoms with van der Waals surface area (Å²) >= 11 is 5.93. The van der Waals surface area contributed by atoms with Gasteiger partial charge in [0.25, 0.3) is 5.91 Å². The monoisotopic (exact) mass is 407 g/mol. The van der Waals surface area contributed by atoms with Crippen molar-refractivity contribution in [1.82, 2.24) is 9.78 Å². The van der Waals surface area contributed by atoms with E-state index in [-0.39, 0.29) is 18.3 Å². The number of carbonyl (C=O) groups is 1. The summed E-state index contributed by atoms with van der Waals surface area (Å²) in [5.41, 5.74) is 1.72. The van der Waals surface area contributed by atoms with Crippen molar-refractivity contribution in [3.8, 4) is 5.75 Å². The van der Waals surface area contributed by atoms with Gasteiger partial charge in [0.05, 0.1) is 18.4 Å². The molecule has 0 atom stereocenters. The Kier molecular flexibility index (Phi) is 5.63. The Labute approximate surface area is 172 Å². The van der Waals surface area contributed by atoms with Gasteiger partial charge in [0.1, 0.15) is 18.1 Å². The molecule has 0 aliphatic rings. The Bertz CT molecular complexity index is 1110. The number of benzene rings is 2. The largest absolute Gasteiger partial charge is 0.486 e. The summed E-state index contributed by atoms with van der Waals surface area (Å²) in [5, 5.41) is 7.65. The van der Waals surface area contributed by atoms with E-state index in [0.717, 1.165) is 5.56 Å². The van der Waals surface area contributed by atoms with Crippen LogP contribution in [0.3, 0.4) is 0 Å². The first-order chi connectivity index (χ1) is 14.2. The Morgan fingerprint density at radius 3 is 2.79 bits per heavy atom. The zero-order valence-corrected chi connectivity index (χ0v) is 16.2. The van der Waals surface area contributed by atoms with Crippen molar-refractivity contribution in [3.05, 3.63) is 101 Å². The molecule has 4 rings (SSSR count). The second-order valence-corrected chi connectivity index (χ2v) is 6.81.